The third-order valence-electron chi connectivity index (χ3n) is 5.49. The summed E-state index contributed by atoms with van der Waals surface area (Å²) < 4.78 is 28.5. The predicted molar refractivity (Wildman–Crippen MR) is 93.7 cm³/mol. The summed E-state index contributed by atoms with van der Waals surface area (Å²) in [6.07, 6.45) is 1.16. The molecule has 140 valence electrons. The number of carbonyl (C=O) groups is 2. The molecule has 1 saturated carbocycles. The predicted octanol–water partition coefficient (Wildman–Crippen LogP) is 2.94. The lowest BCUT2D eigenvalue weighted by Crippen LogP contribution is -2.69. The van der Waals surface area contributed by atoms with Gasteiger partial charge in [0.25, 0.3) is 0 Å². The Morgan fingerprint density at radius 1 is 1.46 bits per heavy atom. The van der Waals surface area contributed by atoms with Crippen molar-refractivity contribution in [2.75, 3.05) is 13.1 Å². The van der Waals surface area contributed by atoms with E-state index < -0.39 is 40.1 Å². The molecule has 1 aromatic carbocycles. The molecule has 26 heavy (non-hydrogen) atoms. The van der Waals surface area contributed by atoms with Crippen molar-refractivity contribution in [2.45, 2.75) is 31.2 Å². The van der Waals surface area contributed by atoms with Gasteiger partial charge in [-0.2, -0.15) is 0 Å². The fourth-order valence-corrected chi connectivity index (χ4v) is 4.35. The zero-order valence-electron chi connectivity index (χ0n) is 14.3. The molecule has 0 aromatic heterocycles. The van der Waals surface area contributed by atoms with E-state index in [0.29, 0.717) is 12.8 Å². The second-order valence-corrected chi connectivity index (χ2v) is 7.43. The Morgan fingerprint density at radius 3 is 2.69 bits per heavy atom. The average molecular weight is 384 g/mol. The Balaban J connectivity index is 2.17. The van der Waals surface area contributed by atoms with E-state index in [0.717, 1.165) is 11.6 Å². The summed E-state index contributed by atoms with van der Waals surface area (Å²) in [6, 6.07) is 1.59. The number of piperazine rings is 1. The van der Waals surface area contributed by atoms with Crippen LogP contribution in [-0.4, -0.2) is 35.5 Å². The minimum absolute atomic E-state index is 0.0969. The number of primary amides is 1. The van der Waals surface area contributed by atoms with E-state index in [9.17, 15) is 18.4 Å². The molecule has 3 N–H and O–H groups in total. The van der Waals surface area contributed by atoms with Crippen molar-refractivity contribution in [1.82, 2.24) is 10.2 Å². The molecule has 2 fully saturated rings. The Labute approximate surface area is 155 Å². The number of hydrogen-bond acceptors (Lipinski definition) is 2. The summed E-state index contributed by atoms with van der Waals surface area (Å²) >= 11 is 5.77. The topological polar surface area (TPSA) is 75.4 Å². The number of nitrogens with two attached hydrogens (primary N) is 1. The standard InChI is InChI=1S/C18H20ClF2N3O2/c1-9-7-10(8-9)13(11-3-4-12(20)14(19)15(11)21)18(2)16(25)23-5-6-24(18)17(22)26/h3-4,10,13H,1,5-8H2,2H3,(H2,22,26)(H,23,25)/t13-,18?/m0/s1. The van der Waals surface area contributed by atoms with Crippen molar-refractivity contribution in [3.63, 3.8) is 0 Å². The van der Waals surface area contributed by atoms with Gasteiger partial charge >= 0.3 is 6.03 Å². The third kappa shape index (κ3) is 2.74. The molecular formula is C18H20ClF2N3O2. The van der Waals surface area contributed by atoms with Gasteiger partial charge < -0.3 is 16.0 Å². The monoisotopic (exact) mass is 383 g/mol. The molecule has 3 rings (SSSR count). The molecule has 2 atom stereocenters. The molecule has 1 heterocycles. The lowest BCUT2D eigenvalue weighted by molar-refractivity contribution is -0.136. The molecule has 1 aliphatic heterocycles. The van der Waals surface area contributed by atoms with Crippen LogP contribution in [0.1, 0.15) is 31.2 Å². The van der Waals surface area contributed by atoms with Gasteiger partial charge in [-0.3, -0.25) is 4.79 Å². The molecule has 5 nitrogen and oxygen atoms in total. The average Bonchev–Trinajstić information content (AvgIpc) is 2.55. The highest BCUT2D eigenvalue weighted by molar-refractivity contribution is 6.31. The van der Waals surface area contributed by atoms with Gasteiger partial charge in [0.2, 0.25) is 5.91 Å². The lowest BCUT2D eigenvalue weighted by Gasteiger charge is -2.51. The third-order valence-corrected chi connectivity index (χ3v) is 5.83. The van der Waals surface area contributed by atoms with Crippen LogP contribution >= 0.6 is 11.6 Å². The number of halogens is 3. The van der Waals surface area contributed by atoms with Gasteiger partial charge in [-0.1, -0.05) is 29.8 Å². The van der Waals surface area contributed by atoms with Crippen LogP contribution in [0.25, 0.3) is 0 Å². The lowest BCUT2D eigenvalue weighted by atomic mass is 9.62. The highest BCUT2D eigenvalue weighted by atomic mass is 35.5. The van der Waals surface area contributed by atoms with Gasteiger partial charge in [0.05, 0.1) is 0 Å². The molecule has 3 amide bonds. The van der Waals surface area contributed by atoms with E-state index in [1.165, 1.54) is 11.0 Å². The summed E-state index contributed by atoms with van der Waals surface area (Å²) in [4.78, 5) is 26.1. The molecule has 1 saturated heterocycles. The molecule has 0 radical (unpaired) electrons. The van der Waals surface area contributed by atoms with Crippen molar-refractivity contribution in [3.8, 4) is 0 Å². The number of benzene rings is 1. The number of carbonyl (C=O) groups excluding carboxylic acids is 2. The summed E-state index contributed by atoms with van der Waals surface area (Å²) in [6.45, 7) is 5.93. The summed E-state index contributed by atoms with van der Waals surface area (Å²) in [7, 11) is 0. The summed E-state index contributed by atoms with van der Waals surface area (Å²) in [5, 5.41) is 2.10. The molecule has 8 heteroatoms. The van der Waals surface area contributed by atoms with Gasteiger partial charge in [0, 0.05) is 19.0 Å². The molecule has 0 spiro atoms. The van der Waals surface area contributed by atoms with Crippen LogP contribution in [0.3, 0.4) is 0 Å². The quantitative estimate of drug-likeness (QED) is 0.622. The SMILES string of the molecule is C=C1CC([C@@H](c2ccc(F)c(Cl)c2F)C2(C)C(=O)NCCN2C(N)=O)C1. The number of allylic oxidation sites excluding steroid dienone is 1. The van der Waals surface area contributed by atoms with E-state index in [1.807, 2.05) is 0 Å². The fourth-order valence-electron chi connectivity index (χ4n) is 4.18. The molecule has 1 aromatic rings. The van der Waals surface area contributed by atoms with Crippen molar-refractivity contribution in [3.05, 3.63) is 46.5 Å². The van der Waals surface area contributed by atoms with Crippen molar-refractivity contribution >= 4 is 23.5 Å². The number of nitrogens with one attached hydrogen (secondary N) is 1. The maximum Gasteiger partial charge on any atom is 0.315 e. The number of amides is 3. The van der Waals surface area contributed by atoms with Gasteiger partial charge in [-0.05, 0) is 37.3 Å². The van der Waals surface area contributed by atoms with Crippen LogP contribution in [0.2, 0.25) is 5.02 Å². The van der Waals surface area contributed by atoms with Crippen LogP contribution in [0, 0.1) is 17.6 Å². The first kappa shape index (κ1) is 18.6. The Kier molecular flexibility index (Phi) is 4.69. The Bertz CT molecular complexity index is 793. The minimum Gasteiger partial charge on any atom is -0.352 e. The van der Waals surface area contributed by atoms with Crippen LogP contribution in [0.4, 0.5) is 13.6 Å². The zero-order chi connectivity index (χ0) is 19.2. The maximum absolute atomic E-state index is 14.8. The van der Waals surface area contributed by atoms with E-state index in [-0.39, 0.29) is 24.6 Å². The van der Waals surface area contributed by atoms with E-state index in [4.69, 9.17) is 17.3 Å². The molecule has 1 unspecified atom stereocenters. The summed E-state index contributed by atoms with van der Waals surface area (Å²) in [5.74, 6) is -3.11. The normalized spacial score (nSPS) is 24.8. The van der Waals surface area contributed by atoms with Crippen LogP contribution < -0.4 is 11.1 Å². The van der Waals surface area contributed by atoms with Crippen molar-refractivity contribution in [1.29, 1.82) is 0 Å². The van der Waals surface area contributed by atoms with Crippen molar-refractivity contribution in [2.24, 2.45) is 11.7 Å². The molecule has 0 bridgehead atoms. The first-order valence-electron chi connectivity index (χ1n) is 8.33. The van der Waals surface area contributed by atoms with Gasteiger partial charge in [0.15, 0.2) is 0 Å². The number of urea groups is 1. The zero-order valence-corrected chi connectivity index (χ0v) is 15.1. The Hall–Kier alpha value is -2.15. The maximum atomic E-state index is 14.8. The summed E-state index contributed by atoms with van der Waals surface area (Å²) in [5.41, 5.74) is 5.16. The Morgan fingerprint density at radius 2 is 2.12 bits per heavy atom. The largest absolute Gasteiger partial charge is 0.352 e. The highest BCUT2D eigenvalue weighted by Crippen LogP contribution is 2.50. The van der Waals surface area contributed by atoms with Crippen LogP contribution in [0.15, 0.2) is 24.3 Å². The molecule has 1 aliphatic carbocycles. The van der Waals surface area contributed by atoms with Crippen LogP contribution in [-0.2, 0) is 4.79 Å². The van der Waals surface area contributed by atoms with Crippen molar-refractivity contribution < 1.29 is 18.4 Å². The van der Waals surface area contributed by atoms with E-state index in [1.54, 1.807) is 6.92 Å². The van der Waals surface area contributed by atoms with Gasteiger partial charge in [-0.15, -0.1) is 0 Å². The number of hydrogen-bond donors (Lipinski definition) is 2. The minimum atomic E-state index is -1.42. The first-order valence-corrected chi connectivity index (χ1v) is 8.71. The van der Waals surface area contributed by atoms with Gasteiger partial charge in [-0.25, -0.2) is 13.6 Å². The first-order chi connectivity index (χ1) is 12.2. The van der Waals surface area contributed by atoms with E-state index in [2.05, 4.69) is 11.9 Å². The molecule has 2 aliphatic rings. The van der Waals surface area contributed by atoms with Crippen LogP contribution in [0.5, 0.6) is 0 Å². The number of nitrogens with zero attached hydrogens (tertiary/aromatic N) is 1. The second-order valence-electron chi connectivity index (χ2n) is 7.05. The smallest absolute Gasteiger partial charge is 0.315 e. The fraction of sp³-hybridized carbons (Fsp3) is 0.444. The highest BCUT2D eigenvalue weighted by Gasteiger charge is 2.55. The number of rotatable bonds is 3. The second kappa shape index (κ2) is 6.54. The molecular weight excluding hydrogens is 364 g/mol. The van der Waals surface area contributed by atoms with E-state index >= 15 is 0 Å². The van der Waals surface area contributed by atoms with Gasteiger partial charge in [0.1, 0.15) is 22.2 Å².